The highest BCUT2D eigenvalue weighted by Gasteiger charge is 2.47. The molecule has 0 amide bonds. The number of methoxy groups -OCH3 is 1. The Morgan fingerprint density at radius 1 is 0.975 bits per heavy atom. The van der Waals surface area contributed by atoms with Gasteiger partial charge in [0.25, 0.3) is 0 Å². The van der Waals surface area contributed by atoms with Gasteiger partial charge in [0, 0.05) is 28.9 Å². The van der Waals surface area contributed by atoms with Crippen LogP contribution >= 0.6 is 0 Å². The zero-order valence-electron chi connectivity index (χ0n) is 24.3. The van der Waals surface area contributed by atoms with Gasteiger partial charge in [-0.1, -0.05) is 41.5 Å². The van der Waals surface area contributed by atoms with Crippen LogP contribution in [0, 0.1) is 5.95 Å². The van der Waals surface area contributed by atoms with Crippen LogP contribution in [-0.4, -0.2) is 44.6 Å². The molecule has 2 N–H and O–H groups in total. The number of halogens is 1. The Morgan fingerprint density at radius 3 is 2.23 bits per heavy atom. The number of aliphatic hydroxyl groups is 1. The maximum absolute atomic E-state index is 15.5. The fourth-order valence-electron chi connectivity index (χ4n) is 6.69. The summed E-state index contributed by atoms with van der Waals surface area (Å²) < 4.78 is 23.4. The summed E-state index contributed by atoms with van der Waals surface area (Å²) >= 11 is 0. The van der Waals surface area contributed by atoms with E-state index in [1.54, 1.807) is 25.4 Å². The molecule has 1 saturated carbocycles. The Morgan fingerprint density at radius 2 is 1.68 bits per heavy atom. The molecule has 1 fully saturated rings. The summed E-state index contributed by atoms with van der Waals surface area (Å²) in [6.07, 6.45) is 6.26. The van der Waals surface area contributed by atoms with Crippen LogP contribution < -0.4 is 10.1 Å². The summed E-state index contributed by atoms with van der Waals surface area (Å²) in [5.41, 5.74) is 4.24. The van der Waals surface area contributed by atoms with Gasteiger partial charge < -0.3 is 19.4 Å². The highest BCUT2D eigenvalue weighted by Crippen LogP contribution is 2.46. The first-order valence-electron chi connectivity index (χ1n) is 14.1. The van der Waals surface area contributed by atoms with E-state index in [-0.39, 0.29) is 5.56 Å². The number of ether oxygens (including phenoxy) is 1. The smallest absolute Gasteiger partial charge is 0.226 e. The first-order chi connectivity index (χ1) is 19.1. The Hall–Kier alpha value is -3.37. The summed E-state index contributed by atoms with van der Waals surface area (Å²) in [5, 5.41) is 15.3. The number of pyridine rings is 2. The van der Waals surface area contributed by atoms with E-state index in [2.05, 4.69) is 71.0 Å². The minimum absolute atomic E-state index is 0.0728. The minimum Gasteiger partial charge on any atom is -0.480 e. The third kappa shape index (κ3) is 4.77. The molecule has 212 valence electrons. The van der Waals surface area contributed by atoms with Crippen LogP contribution in [0.3, 0.4) is 0 Å². The normalized spacial score (nSPS) is 14.9. The molecule has 1 atom stereocenters. The molecule has 40 heavy (non-hydrogen) atoms. The molecule has 4 heterocycles. The molecule has 0 bridgehead atoms. The molecule has 0 aromatic carbocycles. The molecule has 0 radical (unpaired) electrons. The lowest BCUT2D eigenvalue weighted by Gasteiger charge is -2.44. The van der Waals surface area contributed by atoms with Gasteiger partial charge in [-0.25, -0.2) is 15.0 Å². The average Bonchev–Trinajstić information content (AvgIpc) is 3.69. The summed E-state index contributed by atoms with van der Waals surface area (Å²) in [6, 6.07) is 7.16. The third-order valence-electron chi connectivity index (χ3n) is 8.48. The van der Waals surface area contributed by atoms with E-state index in [9.17, 15) is 5.11 Å². The van der Waals surface area contributed by atoms with Gasteiger partial charge in [0.2, 0.25) is 11.8 Å². The molecule has 1 unspecified atom stereocenters. The Balaban J connectivity index is 1.55. The van der Waals surface area contributed by atoms with E-state index in [1.165, 1.54) is 19.2 Å². The lowest BCUT2D eigenvalue weighted by Crippen LogP contribution is -2.51. The van der Waals surface area contributed by atoms with E-state index in [0.29, 0.717) is 50.8 Å². The molecule has 1 aliphatic carbocycles. The van der Waals surface area contributed by atoms with Gasteiger partial charge >= 0.3 is 0 Å². The standard InChI is InChI=1S/C30H39FN6O2Si/c1-17(2)40(18(3)4,19(5)6)37-15-23(26-29(37)33-16-34-30(26)39-7)27(38)22-11-13-25(36-28(22)31)35-21-10-12-24(32-14-21)20-8-9-20/h10-20,27,38H,8-9H2,1-7H3,(H,35,36). The number of anilines is 2. The second-order valence-corrected chi connectivity index (χ2v) is 17.5. The molecule has 5 rings (SSSR count). The second-order valence-electron chi connectivity index (χ2n) is 11.7. The van der Waals surface area contributed by atoms with Gasteiger partial charge in [-0.2, -0.15) is 4.39 Å². The minimum atomic E-state index is -2.27. The first kappa shape index (κ1) is 28.2. The summed E-state index contributed by atoms with van der Waals surface area (Å²) in [4.78, 5) is 17.6. The number of aliphatic hydroxyl groups excluding tert-OH is 1. The van der Waals surface area contributed by atoms with Crippen LogP contribution in [0.2, 0.25) is 16.6 Å². The van der Waals surface area contributed by atoms with Crippen molar-refractivity contribution in [3.63, 3.8) is 0 Å². The van der Waals surface area contributed by atoms with E-state index in [0.717, 1.165) is 11.4 Å². The third-order valence-corrected chi connectivity index (χ3v) is 15.2. The highest BCUT2D eigenvalue weighted by atomic mass is 28.3. The summed E-state index contributed by atoms with van der Waals surface area (Å²) in [7, 11) is -0.725. The second kappa shape index (κ2) is 10.9. The highest BCUT2D eigenvalue weighted by molar-refractivity contribution is 6.82. The zero-order chi connectivity index (χ0) is 28.8. The topological polar surface area (TPSA) is 98.0 Å². The maximum Gasteiger partial charge on any atom is 0.226 e. The number of nitrogens with one attached hydrogen (secondary N) is 1. The molecular weight excluding hydrogens is 523 g/mol. The maximum atomic E-state index is 15.5. The number of fused-ring (bicyclic) bond motifs is 1. The van der Waals surface area contributed by atoms with Crippen LogP contribution in [0.5, 0.6) is 5.88 Å². The molecular formula is C30H39FN6O2Si. The van der Waals surface area contributed by atoms with E-state index >= 15 is 4.39 Å². The van der Waals surface area contributed by atoms with Gasteiger partial charge in [-0.15, -0.1) is 0 Å². The van der Waals surface area contributed by atoms with Crippen LogP contribution in [-0.2, 0) is 0 Å². The predicted molar refractivity (Wildman–Crippen MR) is 158 cm³/mol. The fraction of sp³-hybridized carbons (Fsp3) is 0.467. The Kier molecular flexibility index (Phi) is 7.67. The van der Waals surface area contributed by atoms with Crippen molar-refractivity contribution in [2.75, 3.05) is 12.4 Å². The predicted octanol–water partition coefficient (Wildman–Crippen LogP) is 7.10. The van der Waals surface area contributed by atoms with E-state index < -0.39 is 20.3 Å². The van der Waals surface area contributed by atoms with Crippen molar-refractivity contribution >= 4 is 30.8 Å². The van der Waals surface area contributed by atoms with Crippen molar-refractivity contribution in [2.24, 2.45) is 0 Å². The van der Waals surface area contributed by atoms with Crippen LogP contribution in [0.4, 0.5) is 15.9 Å². The lowest BCUT2D eigenvalue weighted by atomic mass is 10.0. The summed E-state index contributed by atoms with van der Waals surface area (Å²) in [5.74, 6) is 0.501. The van der Waals surface area contributed by atoms with Crippen LogP contribution in [0.1, 0.15) is 83.2 Å². The molecule has 0 aliphatic heterocycles. The quantitative estimate of drug-likeness (QED) is 0.157. The molecule has 10 heteroatoms. The zero-order valence-corrected chi connectivity index (χ0v) is 25.3. The van der Waals surface area contributed by atoms with Gasteiger partial charge in [0.1, 0.15) is 23.9 Å². The summed E-state index contributed by atoms with van der Waals surface area (Å²) in [6.45, 7) is 13.6. The van der Waals surface area contributed by atoms with Crippen molar-refractivity contribution in [3.05, 3.63) is 65.8 Å². The number of aromatic nitrogens is 5. The monoisotopic (exact) mass is 562 g/mol. The molecule has 1 aliphatic rings. The van der Waals surface area contributed by atoms with Crippen LogP contribution in [0.25, 0.3) is 11.0 Å². The van der Waals surface area contributed by atoms with Gasteiger partial charge in [0.15, 0.2) is 8.24 Å². The van der Waals surface area contributed by atoms with Crippen molar-refractivity contribution in [1.82, 2.24) is 24.2 Å². The molecule has 0 spiro atoms. The SMILES string of the molecule is COc1ncnc2c1c(C(O)c1ccc(Nc3ccc(C4CC4)nc3)nc1F)cn2[Si](C(C)C)(C(C)C)C(C)C. The van der Waals surface area contributed by atoms with Crippen LogP contribution in [0.15, 0.2) is 43.0 Å². The number of hydrogen-bond donors (Lipinski definition) is 2. The number of nitrogens with zero attached hydrogens (tertiary/aromatic N) is 5. The van der Waals surface area contributed by atoms with Gasteiger partial charge in [-0.3, -0.25) is 4.98 Å². The van der Waals surface area contributed by atoms with E-state index in [1.807, 2.05) is 18.3 Å². The average molecular weight is 563 g/mol. The van der Waals surface area contributed by atoms with Crippen molar-refractivity contribution in [3.8, 4) is 5.88 Å². The Labute approximate surface area is 236 Å². The van der Waals surface area contributed by atoms with Crippen molar-refractivity contribution < 1.29 is 14.2 Å². The molecule has 4 aromatic heterocycles. The fourth-order valence-corrected chi connectivity index (χ4v) is 13.3. The first-order valence-corrected chi connectivity index (χ1v) is 16.2. The largest absolute Gasteiger partial charge is 0.480 e. The van der Waals surface area contributed by atoms with Gasteiger partial charge in [0.05, 0.1) is 24.4 Å². The van der Waals surface area contributed by atoms with Crippen molar-refractivity contribution in [1.29, 1.82) is 0 Å². The molecule has 0 saturated heterocycles. The Bertz CT molecular complexity index is 1480. The number of hydrogen-bond acceptors (Lipinski definition) is 7. The molecule has 8 nitrogen and oxygen atoms in total. The molecule has 4 aromatic rings. The van der Waals surface area contributed by atoms with Gasteiger partial charge in [-0.05, 0) is 53.7 Å². The van der Waals surface area contributed by atoms with E-state index in [4.69, 9.17) is 4.74 Å². The van der Waals surface area contributed by atoms with Crippen molar-refractivity contribution in [2.45, 2.75) is 83.0 Å². The lowest BCUT2D eigenvalue weighted by molar-refractivity contribution is 0.214. The number of rotatable bonds is 10.